The van der Waals surface area contributed by atoms with E-state index >= 15 is 0 Å². The lowest BCUT2D eigenvalue weighted by atomic mass is 10.2. The third-order valence-electron chi connectivity index (χ3n) is 2.26. The van der Waals surface area contributed by atoms with Crippen LogP contribution in [0.25, 0.3) is 0 Å². The first-order chi connectivity index (χ1) is 8.35. The molecule has 0 atom stereocenters. The minimum Gasteiger partial charge on any atom is -0.302 e. The molecular formula is C11H16N2O4S. The lowest BCUT2D eigenvalue weighted by Gasteiger charge is -2.13. The number of hydroxylamine groups is 2. The molecule has 0 aliphatic carbocycles. The smallest absolute Gasteiger partial charge is 0.264 e. The highest BCUT2D eigenvalue weighted by molar-refractivity contribution is 7.90. The van der Waals surface area contributed by atoms with Crippen molar-refractivity contribution >= 4 is 15.9 Å². The molecule has 1 aromatic carbocycles. The number of aryl methyl sites for hydroxylation is 1. The van der Waals surface area contributed by atoms with Gasteiger partial charge in [-0.2, -0.15) is 5.06 Å². The highest BCUT2D eigenvalue weighted by atomic mass is 32.2. The van der Waals surface area contributed by atoms with Gasteiger partial charge in [0.1, 0.15) is 6.54 Å². The zero-order valence-electron chi connectivity index (χ0n) is 10.5. The van der Waals surface area contributed by atoms with E-state index in [4.69, 9.17) is 4.84 Å². The van der Waals surface area contributed by atoms with Gasteiger partial charge in [0.05, 0.1) is 12.0 Å². The van der Waals surface area contributed by atoms with Gasteiger partial charge >= 0.3 is 0 Å². The van der Waals surface area contributed by atoms with Gasteiger partial charge < -0.3 is 4.84 Å². The van der Waals surface area contributed by atoms with E-state index in [0.717, 1.165) is 5.56 Å². The molecule has 1 amide bonds. The van der Waals surface area contributed by atoms with E-state index in [1.54, 1.807) is 12.1 Å². The van der Waals surface area contributed by atoms with Crippen LogP contribution in [0.5, 0.6) is 0 Å². The number of hydrogen-bond acceptors (Lipinski definition) is 5. The maximum Gasteiger partial charge on any atom is 0.264 e. The van der Waals surface area contributed by atoms with Crippen molar-refractivity contribution in [2.45, 2.75) is 11.8 Å². The minimum atomic E-state index is -3.81. The largest absolute Gasteiger partial charge is 0.302 e. The molecule has 0 unspecified atom stereocenters. The van der Waals surface area contributed by atoms with Gasteiger partial charge in [-0.3, -0.25) is 4.79 Å². The van der Waals surface area contributed by atoms with Crippen LogP contribution < -0.4 is 4.72 Å². The van der Waals surface area contributed by atoms with Gasteiger partial charge in [-0.05, 0) is 19.1 Å². The van der Waals surface area contributed by atoms with E-state index < -0.39 is 15.9 Å². The summed E-state index contributed by atoms with van der Waals surface area (Å²) in [4.78, 5) is 16.2. The fourth-order valence-corrected chi connectivity index (χ4v) is 2.20. The number of rotatable bonds is 5. The molecule has 1 aromatic rings. The average molecular weight is 272 g/mol. The summed E-state index contributed by atoms with van der Waals surface area (Å²) in [7, 11) is -0.895. The van der Waals surface area contributed by atoms with Crippen molar-refractivity contribution in [1.82, 2.24) is 9.79 Å². The van der Waals surface area contributed by atoms with Crippen molar-refractivity contribution in [2.24, 2.45) is 0 Å². The summed E-state index contributed by atoms with van der Waals surface area (Å²) in [5.41, 5.74) is 0.944. The fraction of sp³-hybridized carbons (Fsp3) is 0.364. The Hall–Kier alpha value is -1.44. The predicted molar refractivity (Wildman–Crippen MR) is 66.1 cm³/mol. The summed E-state index contributed by atoms with van der Waals surface area (Å²) in [6.45, 7) is 1.68. The number of nitrogens with zero attached hydrogens (tertiary/aromatic N) is 1. The predicted octanol–water partition coefficient (Wildman–Crippen LogP) is 0.293. The summed E-state index contributed by atoms with van der Waals surface area (Å²) in [5.74, 6) is -0.653. The topological polar surface area (TPSA) is 75.7 Å². The third-order valence-corrected chi connectivity index (χ3v) is 3.65. The summed E-state index contributed by atoms with van der Waals surface area (Å²) >= 11 is 0. The van der Waals surface area contributed by atoms with E-state index in [-0.39, 0.29) is 11.4 Å². The second-order valence-corrected chi connectivity index (χ2v) is 5.49. The van der Waals surface area contributed by atoms with Crippen LogP contribution in [0, 0.1) is 6.92 Å². The van der Waals surface area contributed by atoms with Crippen molar-refractivity contribution in [3.8, 4) is 0 Å². The Labute approximate surface area is 107 Å². The number of nitrogens with one attached hydrogen (secondary N) is 1. The molecule has 1 rings (SSSR count). The highest BCUT2D eigenvalue weighted by Crippen LogP contribution is 2.09. The number of carbonyl (C=O) groups is 1. The first-order valence-corrected chi connectivity index (χ1v) is 6.71. The maximum atomic E-state index is 11.8. The lowest BCUT2D eigenvalue weighted by molar-refractivity contribution is -0.140. The van der Waals surface area contributed by atoms with Gasteiger partial charge in [-0.15, -0.1) is 0 Å². The number of sulfonamides is 1. The van der Waals surface area contributed by atoms with Crippen LogP contribution in [-0.4, -0.2) is 40.1 Å². The number of amides is 1. The van der Waals surface area contributed by atoms with E-state index in [9.17, 15) is 13.2 Å². The van der Waals surface area contributed by atoms with Crippen molar-refractivity contribution in [2.75, 3.05) is 20.7 Å². The molecule has 0 spiro atoms. The molecule has 0 aliphatic rings. The van der Waals surface area contributed by atoms with Crippen LogP contribution in [0.15, 0.2) is 29.2 Å². The van der Waals surface area contributed by atoms with Crippen LogP contribution in [0.1, 0.15) is 5.56 Å². The summed E-state index contributed by atoms with van der Waals surface area (Å²) in [5, 5.41) is 1.22. The van der Waals surface area contributed by atoms with Crippen LogP contribution in [0.4, 0.5) is 0 Å². The van der Waals surface area contributed by atoms with Crippen LogP contribution in [-0.2, 0) is 19.7 Å². The SMILES string of the molecule is CON(C)CC(=O)NS(=O)(=O)c1ccc(C)cc1. The summed E-state index contributed by atoms with van der Waals surface area (Å²) in [6, 6.07) is 6.23. The maximum absolute atomic E-state index is 11.8. The summed E-state index contributed by atoms with van der Waals surface area (Å²) in [6.07, 6.45) is 0. The fourth-order valence-electron chi connectivity index (χ4n) is 1.23. The Bertz CT molecular complexity index is 510. The zero-order chi connectivity index (χ0) is 13.8. The molecule has 1 N–H and O–H groups in total. The quantitative estimate of drug-likeness (QED) is 0.780. The number of hydrogen-bond donors (Lipinski definition) is 1. The molecule has 0 aliphatic heterocycles. The van der Waals surface area contributed by atoms with Crippen LogP contribution in [0.2, 0.25) is 0 Å². The highest BCUT2D eigenvalue weighted by Gasteiger charge is 2.18. The molecule has 6 nitrogen and oxygen atoms in total. The van der Waals surface area contributed by atoms with Crippen LogP contribution >= 0.6 is 0 Å². The Morgan fingerprint density at radius 1 is 1.33 bits per heavy atom. The Morgan fingerprint density at radius 2 is 1.89 bits per heavy atom. The molecule has 18 heavy (non-hydrogen) atoms. The first-order valence-electron chi connectivity index (χ1n) is 5.22. The van der Waals surface area contributed by atoms with Crippen molar-refractivity contribution < 1.29 is 18.0 Å². The molecule has 0 saturated heterocycles. The Balaban J connectivity index is 2.76. The van der Waals surface area contributed by atoms with Gasteiger partial charge in [0.25, 0.3) is 10.0 Å². The van der Waals surface area contributed by atoms with E-state index in [1.807, 2.05) is 11.6 Å². The van der Waals surface area contributed by atoms with Gasteiger partial charge in [0.2, 0.25) is 5.91 Å². The molecule has 0 fully saturated rings. The Morgan fingerprint density at radius 3 is 2.39 bits per heavy atom. The van der Waals surface area contributed by atoms with Gasteiger partial charge in [-0.25, -0.2) is 13.1 Å². The second-order valence-electron chi connectivity index (χ2n) is 3.81. The molecule has 7 heteroatoms. The van der Waals surface area contributed by atoms with E-state index in [0.29, 0.717) is 0 Å². The molecule has 0 saturated carbocycles. The second kappa shape index (κ2) is 5.94. The van der Waals surface area contributed by atoms with Crippen molar-refractivity contribution in [3.05, 3.63) is 29.8 Å². The molecule has 0 heterocycles. The van der Waals surface area contributed by atoms with E-state index in [2.05, 4.69) is 0 Å². The molecule has 0 aromatic heterocycles. The van der Waals surface area contributed by atoms with Gasteiger partial charge in [-0.1, -0.05) is 17.7 Å². The average Bonchev–Trinajstić information content (AvgIpc) is 2.28. The molecule has 100 valence electrons. The standard InChI is InChI=1S/C11H16N2O4S/c1-9-4-6-10(7-5-9)18(15,16)12-11(14)8-13(2)17-3/h4-7H,8H2,1-3H3,(H,12,14). The van der Waals surface area contributed by atoms with Crippen LogP contribution in [0.3, 0.4) is 0 Å². The summed E-state index contributed by atoms with van der Waals surface area (Å²) < 4.78 is 25.6. The Kier molecular flexibility index (Phi) is 4.83. The van der Waals surface area contributed by atoms with Crippen molar-refractivity contribution in [3.63, 3.8) is 0 Å². The third kappa shape index (κ3) is 4.10. The molecular weight excluding hydrogens is 256 g/mol. The normalized spacial score (nSPS) is 11.6. The first kappa shape index (κ1) is 14.6. The van der Waals surface area contributed by atoms with Crippen molar-refractivity contribution in [1.29, 1.82) is 0 Å². The number of likely N-dealkylation sites (N-methyl/N-ethyl adjacent to an activating group) is 1. The molecule has 0 radical (unpaired) electrons. The number of benzene rings is 1. The monoisotopic (exact) mass is 272 g/mol. The minimum absolute atomic E-state index is 0.0570. The zero-order valence-corrected chi connectivity index (χ0v) is 11.3. The van der Waals surface area contributed by atoms with E-state index in [1.165, 1.54) is 31.4 Å². The number of carbonyl (C=O) groups excluding carboxylic acids is 1. The van der Waals surface area contributed by atoms with Gasteiger partial charge in [0.15, 0.2) is 0 Å². The molecule has 0 bridgehead atoms. The lowest BCUT2D eigenvalue weighted by Crippen LogP contribution is -2.38. The van der Waals surface area contributed by atoms with Gasteiger partial charge in [0, 0.05) is 7.05 Å².